The average molecular weight is 276 g/mol. The molecule has 0 heterocycles. The molecule has 2 rings (SSSR count). The van der Waals surface area contributed by atoms with Gasteiger partial charge in [0.25, 0.3) is 0 Å². The highest BCUT2D eigenvalue weighted by atomic mass is 16.5. The Morgan fingerprint density at radius 2 is 1.95 bits per heavy atom. The van der Waals surface area contributed by atoms with Crippen LogP contribution in [0.5, 0.6) is 5.75 Å². The molecule has 2 atom stereocenters. The van der Waals surface area contributed by atoms with Crippen molar-refractivity contribution in [3.05, 3.63) is 29.8 Å². The smallest absolute Gasteiger partial charge is 0.118 e. The summed E-state index contributed by atoms with van der Waals surface area (Å²) < 4.78 is 5.20. The predicted molar refractivity (Wildman–Crippen MR) is 84.0 cm³/mol. The number of ether oxygens (including phenoxy) is 1. The highest BCUT2D eigenvalue weighted by Crippen LogP contribution is 2.29. The fourth-order valence-electron chi connectivity index (χ4n) is 2.92. The van der Waals surface area contributed by atoms with E-state index in [4.69, 9.17) is 10.5 Å². The van der Waals surface area contributed by atoms with Gasteiger partial charge in [-0.05, 0) is 49.9 Å². The highest BCUT2D eigenvalue weighted by molar-refractivity contribution is 5.29. The molecule has 2 N–H and O–H groups in total. The summed E-state index contributed by atoms with van der Waals surface area (Å²) in [5.74, 6) is 1.77. The molecule has 0 amide bonds. The number of hydrogen-bond donors (Lipinski definition) is 1. The molecule has 0 radical (unpaired) electrons. The van der Waals surface area contributed by atoms with E-state index in [9.17, 15) is 0 Å². The number of methoxy groups -OCH3 is 1. The van der Waals surface area contributed by atoms with E-state index >= 15 is 0 Å². The van der Waals surface area contributed by atoms with Gasteiger partial charge in [0.1, 0.15) is 5.75 Å². The van der Waals surface area contributed by atoms with Crippen LogP contribution in [0.25, 0.3) is 0 Å². The third kappa shape index (κ3) is 3.53. The summed E-state index contributed by atoms with van der Waals surface area (Å²) in [5.41, 5.74) is 7.64. The van der Waals surface area contributed by atoms with Crippen LogP contribution in [0.1, 0.15) is 44.7 Å². The molecular weight excluding hydrogens is 248 g/mol. The Bertz CT molecular complexity index is 400. The topological polar surface area (TPSA) is 38.5 Å². The Morgan fingerprint density at radius 1 is 1.30 bits per heavy atom. The largest absolute Gasteiger partial charge is 0.497 e. The van der Waals surface area contributed by atoms with E-state index in [1.54, 1.807) is 7.11 Å². The fraction of sp³-hybridized carbons (Fsp3) is 0.647. The van der Waals surface area contributed by atoms with Crippen molar-refractivity contribution in [2.45, 2.75) is 45.2 Å². The lowest BCUT2D eigenvalue weighted by Gasteiger charge is -2.37. The van der Waals surface area contributed by atoms with Crippen LogP contribution < -0.4 is 10.5 Å². The lowest BCUT2D eigenvalue weighted by Crippen LogP contribution is -2.44. The standard InChI is InChI=1S/C17H28N2O/c1-4-19(12-14-6-5-7-14)13(2)17(18)15-8-10-16(20-3)11-9-15/h8-11,13-14,17H,4-7,12,18H2,1-3H3. The van der Waals surface area contributed by atoms with Crippen molar-refractivity contribution >= 4 is 0 Å². The fourth-order valence-corrected chi connectivity index (χ4v) is 2.92. The third-order valence-electron chi connectivity index (χ3n) is 4.72. The number of rotatable bonds is 7. The van der Waals surface area contributed by atoms with Gasteiger partial charge in [0.2, 0.25) is 0 Å². The molecule has 0 aromatic heterocycles. The van der Waals surface area contributed by atoms with Gasteiger partial charge in [-0.2, -0.15) is 0 Å². The molecule has 1 aromatic rings. The molecule has 1 aromatic carbocycles. The minimum absolute atomic E-state index is 0.0564. The van der Waals surface area contributed by atoms with Gasteiger partial charge in [-0.15, -0.1) is 0 Å². The van der Waals surface area contributed by atoms with Crippen LogP contribution in [0, 0.1) is 5.92 Å². The van der Waals surface area contributed by atoms with Crippen LogP contribution in [0.15, 0.2) is 24.3 Å². The number of nitrogens with zero attached hydrogens (tertiary/aromatic N) is 1. The van der Waals surface area contributed by atoms with Gasteiger partial charge in [0.15, 0.2) is 0 Å². The second-order valence-electron chi connectivity index (χ2n) is 5.92. The number of benzene rings is 1. The number of nitrogens with two attached hydrogens (primary N) is 1. The molecule has 2 unspecified atom stereocenters. The summed E-state index contributed by atoms with van der Waals surface area (Å²) in [6.07, 6.45) is 4.18. The van der Waals surface area contributed by atoms with Crippen LogP contribution in [0.3, 0.4) is 0 Å². The summed E-state index contributed by atoms with van der Waals surface area (Å²) >= 11 is 0. The van der Waals surface area contributed by atoms with Crippen molar-refractivity contribution in [2.75, 3.05) is 20.2 Å². The molecule has 1 saturated carbocycles. The van der Waals surface area contributed by atoms with Crippen LogP contribution >= 0.6 is 0 Å². The van der Waals surface area contributed by atoms with Crippen LogP contribution in [-0.2, 0) is 0 Å². The Morgan fingerprint density at radius 3 is 2.40 bits per heavy atom. The lowest BCUT2D eigenvalue weighted by atomic mass is 9.84. The van der Waals surface area contributed by atoms with Crippen molar-refractivity contribution in [3.8, 4) is 5.75 Å². The Balaban J connectivity index is 1.98. The summed E-state index contributed by atoms with van der Waals surface area (Å²) in [4.78, 5) is 2.53. The molecule has 0 aliphatic heterocycles. The molecule has 0 spiro atoms. The van der Waals surface area contributed by atoms with E-state index < -0.39 is 0 Å². The van der Waals surface area contributed by atoms with Gasteiger partial charge in [0, 0.05) is 18.6 Å². The second kappa shape index (κ2) is 7.09. The summed E-state index contributed by atoms with van der Waals surface area (Å²) in [7, 11) is 1.69. The number of hydrogen-bond acceptors (Lipinski definition) is 3. The first-order valence-corrected chi connectivity index (χ1v) is 7.79. The maximum Gasteiger partial charge on any atom is 0.118 e. The maximum atomic E-state index is 6.46. The zero-order valence-electron chi connectivity index (χ0n) is 13.0. The highest BCUT2D eigenvalue weighted by Gasteiger charge is 2.26. The SMILES string of the molecule is CCN(CC1CCC1)C(C)C(N)c1ccc(OC)cc1. The van der Waals surface area contributed by atoms with Crippen LogP contribution in [0.2, 0.25) is 0 Å². The molecule has 3 nitrogen and oxygen atoms in total. The monoisotopic (exact) mass is 276 g/mol. The minimum Gasteiger partial charge on any atom is -0.497 e. The van der Waals surface area contributed by atoms with E-state index in [1.165, 1.54) is 31.4 Å². The van der Waals surface area contributed by atoms with Gasteiger partial charge in [-0.25, -0.2) is 0 Å². The van der Waals surface area contributed by atoms with Gasteiger partial charge in [-0.1, -0.05) is 25.5 Å². The maximum absolute atomic E-state index is 6.46. The normalized spacial score (nSPS) is 18.6. The first-order valence-electron chi connectivity index (χ1n) is 7.79. The summed E-state index contributed by atoms with van der Waals surface area (Å²) in [6, 6.07) is 8.57. The van der Waals surface area contributed by atoms with Gasteiger partial charge < -0.3 is 10.5 Å². The molecule has 1 aliphatic rings. The van der Waals surface area contributed by atoms with Gasteiger partial charge >= 0.3 is 0 Å². The molecule has 0 saturated heterocycles. The minimum atomic E-state index is 0.0564. The molecule has 1 fully saturated rings. The Labute approximate surface area is 123 Å². The van der Waals surface area contributed by atoms with Crippen molar-refractivity contribution in [1.82, 2.24) is 4.90 Å². The van der Waals surface area contributed by atoms with Gasteiger partial charge in [0.05, 0.1) is 7.11 Å². The Kier molecular flexibility index (Phi) is 5.44. The van der Waals surface area contributed by atoms with E-state index in [0.29, 0.717) is 6.04 Å². The first-order chi connectivity index (χ1) is 9.65. The van der Waals surface area contributed by atoms with Crippen molar-refractivity contribution < 1.29 is 4.74 Å². The van der Waals surface area contributed by atoms with E-state index in [1.807, 2.05) is 12.1 Å². The zero-order valence-corrected chi connectivity index (χ0v) is 13.0. The summed E-state index contributed by atoms with van der Waals surface area (Å²) in [6.45, 7) is 6.75. The van der Waals surface area contributed by atoms with Crippen molar-refractivity contribution in [2.24, 2.45) is 11.7 Å². The van der Waals surface area contributed by atoms with Crippen molar-refractivity contribution in [1.29, 1.82) is 0 Å². The molecule has 20 heavy (non-hydrogen) atoms. The molecular formula is C17H28N2O. The average Bonchev–Trinajstić information content (AvgIpc) is 2.45. The molecule has 0 bridgehead atoms. The summed E-state index contributed by atoms with van der Waals surface area (Å²) in [5, 5.41) is 0. The van der Waals surface area contributed by atoms with Crippen LogP contribution in [-0.4, -0.2) is 31.1 Å². The predicted octanol–water partition coefficient (Wildman–Crippen LogP) is 3.21. The van der Waals surface area contributed by atoms with Crippen molar-refractivity contribution in [3.63, 3.8) is 0 Å². The van der Waals surface area contributed by atoms with E-state index in [0.717, 1.165) is 18.2 Å². The Hall–Kier alpha value is -1.06. The third-order valence-corrected chi connectivity index (χ3v) is 4.72. The first kappa shape index (κ1) is 15.3. The van der Waals surface area contributed by atoms with Crippen LogP contribution in [0.4, 0.5) is 0 Å². The van der Waals surface area contributed by atoms with E-state index in [-0.39, 0.29) is 6.04 Å². The molecule has 1 aliphatic carbocycles. The second-order valence-corrected chi connectivity index (χ2v) is 5.92. The quantitative estimate of drug-likeness (QED) is 0.831. The van der Waals surface area contributed by atoms with Gasteiger partial charge in [-0.3, -0.25) is 4.90 Å². The zero-order chi connectivity index (χ0) is 14.5. The van der Waals surface area contributed by atoms with E-state index in [2.05, 4.69) is 30.9 Å². The molecule has 3 heteroatoms. The molecule has 112 valence electrons. The number of likely N-dealkylation sites (N-methyl/N-ethyl adjacent to an activating group) is 1. The lowest BCUT2D eigenvalue weighted by molar-refractivity contribution is 0.131.